The van der Waals surface area contributed by atoms with Crippen molar-refractivity contribution >= 4 is 42.1 Å². The molecule has 0 bridgehead atoms. The van der Waals surface area contributed by atoms with Crippen molar-refractivity contribution in [2.75, 3.05) is 18.1 Å². The SMILES string of the molecule is Nc1cc2sc(N)c(CCO)c2s1. The number of fused-ring (bicyclic) bond motifs is 1. The van der Waals surface area contributed by atoms with Gasteiger partial charge in [0, 0.05) is 16.9 Å². The second-order valence-electron chi connectivity index (χ2n) is 2.76. The molecule has 0 aromatic carbocycles. The minimum Gasteiger partial charge on any atom is -0.396 e. The molecule has 3 nitrogen and oxygen atoms in total. The summed E-state index contributed by atoms with van der Waals surface area (Å²) in [5.74, 6) is 0. The Morgan fingerprint density at radius 2 is 2.08 bits per heavy atom. The number of nitrogens with two attached hydrogens (primary N) is 2. The minimum atomic E-state index is 0.133. The van der Waals surface area contributed by atoms with E-state index in [1.807, 2.05) is 6.07 Å². The van der Waals surface area contributed by atoms with Crippen LogP contribution in [0.1, 0.15) is 5.56 Å². The molecule has 0 amide bonds. The first-order valence-corrected chi connectivity index (χ1v) is 5.52. The van der Waals surface area contributed by atoms with Crippen LogP contribution in [0.2, 0.25) is 0 Å². The second-order valence-corrected chi connectivity index (χ2v) is 4.93. The Hall–Kier alpha value is -0.780. The van der Waals surface area contributed by atoms with Crippen LogP contribution >= 0.6 is 22.7 Å². The fourth-order valence-corrected chi connectivity index (χ4v) is 3.58. The van der Waals surface area contributed by atoms with Crippen LogP contribution in [0.4, 0.5) is 10.0 Å². The van der Waals surface area contributed by atoms with Crippen LogP contribution in [0.15, 0.2) is 6.07 Å². The van der Waals surface area contributed by atoms with Crippen LogP contribution in [-0.2, 0) is 6.42 Å². The van der Waals surface area contributed by atoms with E-state index in [4.69, 9.17) is 16.6 Å². The molecule has 0 unspecified atom stereocenters. The fourth-order valence-electron chi connectivity index (χ4n) is 1.32. The average molecular weight is 214 g/mol. The first-order chi connectivity index (χ1) is 6.22. The molecule has 0 saturated carbocycles. The molecule has 0 aliphatic rings. The van der Waals surface area contributed by atoms with E-state index in [9.17, 15) is 0 Å². The van der Waals surface area contributed by atoms with Gasteiger partial charge < -0.3 is 16.6 Å². The fraction of sp³-hybridized carbons (Fsp3) is 0.250. The molecule has 5 N–H and O–H groups in total. The van der Waals surface area contributed by atoms with Crippen LogP contribution in [-0.4, -0.2) is 11.7 Å². The zero-order chi connectivity index (χ0) is 9.42. The van der Waals surface area contributed by atoms with Crippen molar-refractivity contribution in [1.82, 2.24) is 0 Å². The minimum absolute atomic E-state index is 0.133. The normalized spacial score (nSPS) is 11.2. The molecule has 0 atom stereocenters. The number of hydrogen-bond acceptors (Lipinski definition) is 5. The van der Waals surface area contributed by atoms with Crippen molar-refractivity contribution in [3.63, 3.8) is 0 Å². The van der Waals surface area contributed by atoms with Crippen molar-refractivity contribution in [2.24, 2.45) is 0 Å². The van der Waals surface area contributed by atoms with Gasteiger partial charge in [0.05, 0.1) is 14.7 Å². The van der Waals surface area contributed by atoms with Gasteiger partial charge in [0.2, 0.25) is 0 Å². The smallest absolute Gasteiger partial charge is 0.0910 e. The molecule has 2 aromatic heterocycles. The van der Waals surface area contributed by atoms with Crippen molar-refractivity contribution < 1.29 is 5.11 Å². The maximum Gasteiger partial charge on any atom is 0.0910 e. The molecule has 0 fully saturated rings. The summed E-state index contributed by atoms with van der Waals surface area (Å²) in [7, 11) is 0. The molecule has 0 spiro atoms. The number of aliphatic hydroxyl groups is 1. The molecule has 0 radical (unpaired) electrons. The Morgan fingerprint density at radius 1 is 1.31 bits per heavy atom. The third-order valence-electron chi connectivity index (χ3n) is 1.87. The monoisotopic (exact) mass is 214 g/mol. The Kier molecular flexibility index (Phi) is 2.15. The first kappa shape index (κ1) is 8.80. The summed E-state index contributed by atoms with van der Waals surface area (Å²) in [6, 6.07) is 1.93. The van der Waals surface area contributed by atoms with Gasteiger partial charge in [-0.1, -0.05) is 0 Å². The molecule has 2 aromatic rings. The molecule has 2 rings (SSSR count). The van der Waals surface area contributed by atoms with Gasteiger partial charge in [-0.2, -0.15) is 0 Å². The largest absolute Gasteiger partial charge is 0.396 e. The van der Waals surface area contributed by atoms with Gasteiger partial charge in [0.15, 0.2) is 0 Å². The molecule has 13 heavy (non-hydrogen) atoms. The summed E-state index contributed by atoms with van der Waals surface area (Å²) in [5.41, 5.74) is 12.5. The van der Waals surface area contributed by atoms with E-state index in [1.165, 1.54) is 22.7 Å². The Morgan fingerprint density at radius 3 is 2.77 bits per heavy atom. The summed E-state index contributed by atoms with van der Waals surface area (Å²) >= 11 is 3.07. The third-order valence-corrected chi connectivity index (χ3v) is 4.03. The molecule has 0 saturated heterocycles. The molecule has 5 heteroatoms. The van der Waals surface area contributed by atoms with Crippen molar-refractivity contribution in [1.29, 1.82) is 0 Å². The maximum absolute atomic E-state index is 8.85. The summed E-state index contributed by atoms with van der Waals surface area (Å²) in [6.07, 6.45) is 0.617. The third kappa shape index (κ3) is 1.39. The van der Waals surface area contributed by atoms with E-state index in [1.54, 1.807) is 0 Å². The van der Waals surface area contributed by atoms with E-state index in [0.29, 0.717) is 6.42 Å². The topological polar surface area (TPSA) is 72.3 Å². The predicted molar refractivity (Wildman–Crippen MR) is 59.3 cm³/mol. The van der Waals surface area contributed by atoms with Crippen LogP contribution in [0.3, 0.4) is 0 Å². The van der Waals surface area contributed by atoms with Crippen molar-refractivity contribution in [3.8, 4) is 0 Å². The summed E-state index contributed by atoms with van der Waals surface area (Å²) in [6.45, 7) is 0.133. The van der Waals surface area contributed by atoms with Gasteiger partial charge in [-0.25, -0.2) is 0 Å². The van der Waals surface area contributed by atoms with E-state index in [0.717, 1.165) is 25.0 Å². The molecule has 0 aliphatic heterocycles. The van der Waals surface area contributed by atoms with E-state index < -0.39 is 0 Å². The van der Waals surface area contributed by atoms with Gasteiger partial charge in [-0.3, -0.25) is 0 Å². The molecule has 0 aliphatic carbocycles. The first-order valence-electron chi connectivity index (χ1n) is 3.89. The maximum atomic E-state index is 8.85. The van der Waals surface area contributed by atoms with Gasteiger partial charge in [0.25, 0.3) is 0 Å². The lowest BCUT2D eigenvalue weighted by Crippen LogP contribution is -1.92. The van der Waals surface area contributed by atoms with Gasteiger partial charge in [0.1, 0.15) is 0 Å². The molecule has 70 valence electrons. The average Bonchev–Trinajstić information content (AvgIpc) is 2.52. The summed E-state index contributed by atoms with van der Waals surface area (Å²) in [5, 5.41) is 10.5. The Labute approximate surface area is 83.6 Å². The lowest BCUT2D eigenvalue weighted by Gasteiger charge is -1.94. The highest BCUT2D eigenvalue weighted by atomic mass is 32.1. The predicted octanol–water partition coefficient (Wildman–Crippen LogP) is 1.66. The van der Waals surface area contributed by atoms with E-state index in [-0.39, 0.29) is 6.61 Å². The standard InChI is InChI=1S/C8H10N2OS2/c9-6-3-5-7(13-6)4(1-2-11)8(10)12-5/h3,11H,1-2,9-10H2. The van der Waals surface area contributed by atoms with Crippen molar-refractivity contribution in [3.05, 3.63) is 11.6 Å². The quantitative estimate of drug-likeness (QED) is 0.712. The number of thiophene rings is 2. The van der Waals surface area contributed by atoms with E-state index in [2.05, 4.69) is 0 Å². The van der Waals surface area contributed by atoms with Gasteiger partial charge in [-0.15, -0.1) is 22.7 Å². The van der Waals surface area contributed by atoms with E-state index >= 15 is 0 Å². The number of rotatable bonds is 2. The lowest BCUT2D eigenvalue weighted by molar-refractivity contribution is 0.300. The van der Waals surface area contributed by atoms with Crippen LogP contribution in [0, 0.1) is 0 Å². The zero-order valence-electron chi connectivity index (χ0n) is 6.91. The molecular weight excluding hydrogens is 204 g/mol. The highest BCUT2D eigenvalue weighted by molar-refractivity contribution is 7.31. The lowest BCUT2D eigenvalue weighted by atomic mass is 10.2. The van der Waals surface area contributed by atoms with Gasteiger partial charge >= 0.3 is 0 Å². The van der Waals surface area contributed by atoms with Crippen LogP contribution < -0.4 is 11.5 Å². The highest BCUT2D eigenvalue weighted by Gasteiger charge is 2.11. The number of hydrogen-bond donors (Lipinski definition) is 3. The second kappa shape index (κ2) is 3.17. The molecular formula is C8H10N2OS2. The Balaban J connectivity index is 2.61. The van der Waals surface area contributed by atoms with Gasteiger partial charge in [-0.05, 0) is 12.5 Å². The number of aliphatic hydroxyl groups excluding tert-OH is 1. The van der Waals surface area contributed by atoms with Crippen LogP contribution in [0.25, 0.3) is 9.40 Å². The summed E-state index contributed by atoms with van der Waals surface area (Å²) < 4.78 is 2.26. The highest BCUT2D eigenvalue weighted by Crippen LogP contribution is 2.40. The zero-order valence-corrected chi connectivity index (χ0v) is 8.54. The number of nitrogen functional groups attached to an aromatic ring is 2. The van der Waals surface area contributed by atoms with Crippen molar-refractivity contribution in [2.45, 2.75) is 6.42 Å². The summed E-state index contributed by atoms with van der Waals surface area (Å²) in [4.78, 5) is 0. The Bertz CT molecular complexity index is 432. The number of anilines is 2. The van der Waals surface area contributed by atoms with Crippen LogP contribution in [0.5, 0.6) is 0 Å². The molecule has 2 heterocycles.